The maximum absolute atomic E-state index is 14.3. The fraction of sp³-hybridized carbons (Fsp3) is 0.423. The second kappa shape index (κ2) is 10.1. The van der Waals surface area contributed by atoms with Crippen molar-refractivity contribution in [1.82, 2.24) is 20.1 Å². The molecule has 2 atom stereocenters. The number of halogens is 4. The van der Waals surface area contributed by atoms with Crippen LogP contribution in [0, 0.1) is 12.3 Å². The molecule has 2 N–H and O–H groups in total. The molecule has 2 aliphatic rings. The SMILES string of the molecule is Cc1ccn(-c2cc(Cl)ccc2[C@@H](Oc2ccnc(N3CCC4(CC3)CNC(C(=O)O)C4)c2)C(F)(F)F)n1. The smallest absolute Gasteiger partial charge is 0.429 e. The van der Waals surface area contributed by atoms with Gasteiger partial charge in [-0.25, -0.2) is 9.67 Å². The van der Waals surface area contributed by atoms with E-state index in [0.717, 1.165) is 12.8 Å². The third kappa shape index (κ3) is 5.44. The molecule has 0 saturated carbocycles. The molecule has 1 unspecified atom stereocenters. The van der Waals surface area contributed by atoms with E-state index in [0.29, 0.717) is 37.6 Å². The number of anilines is 1. The molecule has 202 valence electrons. The summed E-state index contributed by atoms with van der Waals surface area (Å²) in [6.07, 6.45) is -1.89. The van der Waals surface area contributed by atoms with Crippen molar-refractivity contribution in [3.8, 4) is 11.4 Å². The number of piperidine rings is 1. The highest BCUT2D eigenvalue weighted by atomic mass is 35.5. The summed E-state index contributed by atoms with van der Waals surface area (Å²) in [7, 11) is 0. The van der Waals surface area contributed by atoms with E-state index in [2.05, 4.69) is 15.4 Å². The highest BCUT2D eigenvalue weighted by Gasteiger charge is 2.45. The third-order valence-electron chi connectivity index (χ3n) is 7.32. The molecule has 0 bridgehead atoms. The molecule has 5 rings (SSSR count). The van der Waals surface area contributed by atoms with E-state index in [9.17, 15) is 23.1 Å². The van der Waals surface area contributed by atoms with Gasteiger partial charge in [0.05, 0.1) is 11.4 Å². The quantitative estimate of drug-likeness (QED) is 0.450. The topological polar surface area (TPSA) is 92.5 Å². The zero-order valence-corrected chi connectivity index (χ0v) is 21.3. The lowest BCUT2D eigenvalue weighted by atomic mass is 9.76. The first kappa shape index (κ1) is 26.3. The van der Waals surface area contributed by atoms with E-state index < -0.39 is 24.3 Å². The summed E-state index contributed by atoms with van der Waals surface area (Å²) >= 11 is 6.12. The van der Waals surface area contributed by atoms with Crippen molar-refractivity contribution < 1.29 is 27.8 Å². The first-order valence-electron chi connectivity index (χ1n) is 12.3. The van der Waals surface area contributed by atoms with E-state index in [1.54, 1.807) is 19.2 Å². The third-order valence-corrected chi connectivity index (χ3v) is 7.55. The number of rotatable bonds is 6. The highest BCUT2D eigenvalue weighted by molar-refractivity contribution is 6.30. The lowest BCUT2D eigenvalue weighted by Gasteiger charge is -2.39. The van der Waals surface area contributed by atoms with Gasteiger partial charge in [-0.05, 0) is 55.9 Å². The predicted octanol–water partition coefficient (Wildman–Crippen LogP) is 4.94. The zero-order valence-electron chi connectivity index (χ0n) is 20.6. The number of ether oxygens (including phenoxy) is 1. The number of aliphatic carboxylic acids is 1. The standard InChI is InChI=1S/C26H27ClF3N5O3/c1-16-5-9-35(33-16)21-12-17(27)2-3-19(21)23(26(28,29)30)38-18-4-8-31-22(13-18)34-10-6-25(7-11-34)14-20(24(36)37)32-15-25/h2-5,8-9,12-13,20,23,32H,6-7,10-11,14-15H2,1H3,(H,36,37)/t20?,23-/m1/s1. The Labute approximate surface area is 222 Å². The lowest BCUT2D eigenvalue weighted by molar-refractivity contribution is -0.198. The number of carbonyl (C=O) groups is 1. The van der Waals surface area contributed by atoms with Crippen LogP contribution in [0.2, 0.25) is 5.02 Å². The normalized spacial score (nSPS) is 20.0. The lowest BCUT2D eigenvalue weighted by Crippen LogP contribution is -2.41. The number of aromatic nitrogens is 3. The monoisotopic (exact) mass is 549 g/mol. The Balaban J connectivity index is 1.37. The van der Waals surface area contributed by atoms with Crippen LogP contribution >= 0.6 is 11.6 Å². The Hall–Kier alpha value is -3.31. The number of hydrogen-bond donors (Lipinski definition) is 2. The summed E-state index contributed by atoms with van der Waals surface area (Å²) < 4.78 is 50.0. The Morgan fingerprint density at radius 3 is 2.63 bits per heavy atom. The van der Waals surface area contributed by atoms with Gasteiger partial charge in [-0.1, -0.05) is 17.7 Å². The van der Waals surface area contributed by atoms with E-state index in [-0.39, 0.29) is 27.4 Å². The van der Waals surface area contributed by atoms with Crippen LogP contribution in [0.25, 0.3) is 5.69 Å². The van der Waals surface area contributed by atoms with E-state index in [1.165, 1.54) is 41.2 Å². The fourth-order valence-electron chi connectivity index (χ4n) is 5.26. The molecule has 38 heavy (non-hydrogen) atoms. The van der Waals surface area contributed by atoms with Crippen molar-refractivity contribution in [2.45, 2.75) is 44.5 Å². The molecule has 2 saturated heterocycles. The van der Waals surface area contributed by atoms with Crippen molar-refractivity contribution >= 4 is 23.4 Å². The number of aryl methyl sites for hydroxylation is 1. The summed E-state index contributed by atoms with van der Waals surface area (Å²) in [5, 5.41) is 16.9. The Bertz CT molecular complexity index is 1320. The van der Waals surface area contributed by atoms with Crippen LogP contribution in [0.1, 0.15) is 36.6 Å². The summed E-state index contributed by atoms with van der Waals surface area (Å²) in [5.41, 5.74) is 0.609. The van der Waals surface area contributed by atoms with Crippen molar-refractivity contribution in [2.75, 3.05) is 24.5 Å². The zero-order chi connectivity index (χ0) is 27.1. The molecule has 8 nitrogen and oxygen atoms in total. The van der Waals surface area contributed by atoms with E-state index >= 15 is 0 Å². The second-order valence-electron chi connectivity index (χ2n) is 9.96. The van der Waals surface area contributed by atoms with Gasteiger partial charge in [-0.15, -0.1) is 0 Å². The maximum Gasteiger partial charge on any atom is 0.429 e. The van der Waals surface area contributed by atoms with Gasteiger partial charge in [-0.2, -0.15) is 18.3 Å². The number of carboxylic acid groups (broad SMARTS) is 1. The maximum atomic E-state index is 14.3. The van der Waals surface area contributed by atoms with Gasteiger partial charge in [-0.3, -0.25) is 4.79 Å². The molecule has 4 heterocycles. The molecule has 0 amide bonds. The van der Waals surface area contributed by atoms with Crippen molar-refractivity contribution in [3.63, 3.8) is 0 Å². The van der Waals surface area contributed by atoms with Gasteiger partial charge in [0.25, 0.3) is 0 Å². The second-order valence-corrected chi connectivity index (χ2v) is 10.4. The summed E-state index contributed by atoms with van der Waals surface area (Å²) in [6.45, 7) is 3.62. The van der Waals surface area contributed by atoms with Crippen molar-refractivity contribution in [2.24, 2.45) is 5.41 Å². The summed E-state index contributed by atoms with van der Waals surface area (Å²) in [6, 6.07) is 8.19. The molecule has 0 radical (unpaired) electrons. The van der Waals surface area contributed by atoms with E-state index in [1.807, 2.05) is 4.90 Å². The average Bonchev–Trinajstić information content (AvgIpc) is 3.49. The number of nitrogens with zero attached hydrogens (tertiary/aromatic N) is 4. The molecular formula is C26H27ClF3N5O3. The van der Waals surface area contributed by atoms with Gasteiger partial charge in [0.1, 0.15) is 17.6 Å². The molecule has 0 aliphatic carbocycles. The number of carboxylic acids is 1. The largest absolute Gasteiger partial charge is 0.480 e. The number of alkyl halides is 3. The number of benzene rings is 1. The molecule has 2 aromatic heterocycles. The minimum absolute atomic E-state index is 0.0311. The minimum Gasteiger partial charge on any atom is -0.480 e. The summed E-state index contributed by atoms with van der Waals surface area (Å²) in [4.78, 5) is 17.7. The molecule has 12 heteroatoms. The predicted molar refractivity (Wildman–Crippen MR) is 135 cm³/mol. The number of hydrogen-bond acceptors (Lipinski definition) is 6. The van der Waals surface area contributed by atoms with Gasteiger partial charge < -0.3 is 20.1 Å². The van der Waals surface area contributed by atoms with Crippen LogP contribution < -0.4 is 15.0 Å². The Morgan fingerprint density at radius 1 is 1.24 bits per heavy atom. The van der Waals surface area contributed by atoms with Gasteiger partial charge >= 0.3 is 12.1 Å². The fourth-order valence-corrected chi connectivity index (χ4v) is 5.42. The van der Waals surface area contributed by atoms with Crippen LogP contribution in [0.4, 0.5) is 19.0 Å². The Morgan fingerprint density at radius 2 is 2.00 bits per heavy atom. The van der Waals surface area contributed by atoms with Crippen LogP contribution in [0.3, 0.4) is 0 Å². The van der Waals surface area contributed by atoms with Crippen molar-refractivity contribution in [1.29, 1.82) is 0 Å². The first-order valence-corrected chi connectivity index (χ1v) is 12.6. The molecule has 3 aromatic rings. The van der Waals surface area contributed by atoms with Crippen molar-refractivity contribution in [3.05, 3.63) is 65.1 Å². The van der Waals surface area contributed by atoms with Gasteiger partial charge in [0.15, 0.2) is 0 Å². The molecule has 2 aliphatic heterocycles. The first-order chi connectivity index (χ1) is 18.0. The molecule has 2 fully saturated rings. The van der Waals surface area contributed by atoms with Gasteiger partial charge in [0, 0.05) is 48.7 Å². The minimum atomic E-state index is -4.72. The summed E-state index contributed by atoms with van der Waals surface area (Å²) in [5.74, 6) is -0.303. The molecule has 1 aromatic carbocycles. The van der Waals surface area contributed by atoms with Crippen LogP contribution in [-0.4, -0.2) is 57.7 Å². The van der Waals surface area contributed by atoms with E-state index in [4.69, 9.17) is 16.3 Å². The average molecular weight is 550 g/mol. The molecular weight excluding hydrogens is 523 g/mol. The molecule has 1 spiro atoms. The van der Waals surface area contributed by atoms with Crippen LogP contribution in [0.15, 0.2) is 48.8 Å². The van der Waals surface area contributed by atoms with Crippen LogP contribution in [0.5, 0.6) is 5.75 Å². The highest BCUT2D eigenvalue weighted by Crippen LogP contribution is 2.42. The number of pyridine rings is 1. The van der Waals surface area contributed by atoms with Crippen LogP contribution in [-0.2, 0) is 4.79 Å². The number of nitrogens with one attached hydrogen (secondary N) is 1. The van der Waals surface area contributed by atoms with Gasteiger partial charge in [0.2, 0.25) is 6.10 Å². The Kier molecular flexibility index (Phi) is 6.99.